The number of anilines is 1. The molecule has 4 atom stereocenters. The molecule has 0 heterocycles. The summed E-state index contributed by atoms with van der Waals surface area (Å²) in [6, 6.07) is 23.3. The first kappa shape index (κ1) is 40.2. The second-order valence-electron chi connectivity index (χ2n) is 14.1. The topological polar surface area (TPSA) is 145 Å². The molecule has 3 aromatic carbocycles. The van der Waals surface area contributed by atoms with Gasteiger partial charge in [0.25, 0.3) is 5.91 Å². The van der Waals surface area contributed by atoms with E-state index in [1.54, 1.807) is 42.5 Å². The molecule has 0 radical (unpaired) electrons. The molecule has 272 valence electrons. The molecule has 0 unspecified atom stereocenters. The summed E-state index contributed by atoms with van der Waals surface area (Å²) in [5.41, 5.74) is 2.17. The molecule has 0 saturated heterocycles. The van der Waals surface area contributed by atoms with E-state index in [9.17, 15) is 27.9 Å². The second-order valence-corrected chi connectivity index (χ2v) is 16.1. The van der Waals surface area contributed by atoms with Crippen molar-refractivity contribution in [2.75, 3.05) is 11.4 Å². The number of hydrogen-bond donors (Lipinski definition) is 4. The Morgan fingerprint density at radius 3 is 1.90 bits per heavy atom. The molecule has 11 heteroatoms. The van der Waals surface area contributed by atoms with Crippen LogP contribution in [-0.4, -0.2) is 56.5 Å². The number of benzene rings is 3. The number of carbonyl (C=O) groups is 3. The number of nitrogens with one attached hydrogen (secondary N) is 3. The fourth-order valence-electron chi connectivity index (χ4n) is 5.75. The zero-order chi connectivity index (χ0) is 37.0. The van der Waals surface area contributed by atoms with Gasteiger partial charge in [-0.3, -0.25) is 18.7 Å². The summed E-state index contributed by atoms with van der Waals surface area (Å²) in [7, 11) is -2.28. The van der Waals surface area contributed by atoms with E-state index in [1.807, 2.05) is 77.9 Å². The van der Waals surface area contributed by atoms with Gasteiger partial charge in [-0.15, -0.1) is 0 Å². The largest absolute Gasteiger partial charge is 0.391 e. The maximum absolute atomic E-state index is 13.7. The highest BCUT2D eigenvalue weighted by Gasteiger charge is 2.33. The lowest BCUT2D eigenvalue weighted by Crippen LogP contribution is -2.52. The Morgan fingerprint density at radius 2 is 1.34 bits per heavy atom. The van der Waals surface area contributed by atoms with Gasteiger partial charge in [-0.25, -0.2) is 8.42 Å². The molecule has 0 aromatic heterocycles. The predicted octanol–water partition coefficient (Wildman–Crippen LogP) is 5.28. The van der Waals surface area contributed by atoms with Crippen LogP contribution in [0.3, 0.4) is 0 Å². The quantitative estimate of drug-likeness (QED) is 0.142. The van der Waals surface area contributed by atoms with Crippen molar-refractivity contribution in [3.8, 4) is 0 Å². The lowest BCUT2D eigenvalue weighted by atomic mass is 9.85. The molecule has 0 spiro atoms. The monoisotopic (exact) mass is 706 g/mol. The number of nitrogens with zero attached hydrogens (tertiary/aromatic N) is 1. The Balaban J connectivity index is 1.71. The minimum Gasteiger partial charge on any atom is -0.391 e. The highest BCUT2D eigenvalue weighted by Crippen LogP contribution is 2.24. The smallest absolute Gasteiger partial charge is 0.251 e. The van der Waals surface area contributed by atoms with Crippen LogP contribution in [-0.2, 0) is 31.9 Å². The molecule has 4 N–H and O–H groups in total. The fraction of sp³-hybridized carbons (Fsp3) is 0.462. The third-order valence-corrected chi connectivity index (χ3v) is 10.5. The van der Waals surface area contributed by atoms with Gasteiger partial charge in [0.1, 0.15) is 6.04 Å². The Hall–Kier alpha value is -4.22. The number of rotatable bonds is 18. The molecule has 3 amide bonds. The predicted molar refractivity (Wildman–Crippen MR) is 199 cm³/mol. The Morgan fingerprint density at radius 1 is 0.740 bits per heavy atom. The van der Waals surface area contributed by atoms with Crippen molar-refractivity contribution in [1.29, 1.82) is 0 Å². The van der Waals surface area contributed by atoms with Gasteiger partial charge in [-0.1, -0.05) is 108 Å². The molecule has 0 fully saturated rings. The normalized spacial score (nSPS) is 14.1. The lowest BCUT2D eigenvalue weighted by molar-refractivity contribution is -0.133. The Kier molecular flexibility index (Phi) is 15.0. The van der Waals surface area contributed by atoms with Crippen molar-refractivity contribution in [2.24, 2.45) is 23.7 Å². The summed E-state index contributed by atoms with van der Waals surface area (Å²) < 4.78 is 27.5. The van der Waals surface area contributed by atoms with Crippen LogP contribution >= 0.6 is 0 Å². The van der Waals surface area contributed by atoms with Gasteiger partial charge in [0.05, 0.1) is 23.6 Å². The van der Waals surface area contributed by atoms with E-state index in [0.717, 1.165) is 9.87 Å². The van der Waals surface area contributed by atoms with Crippen LogP contribution in [0.2, 0.25) is 0 Å². The van der Waals surface area contributed by atoms with E-state index in [1.165, 1.54) is 13.1 Å². The van der Waals surface area contributed by atoms with E-state index < -0.39 is 40.0 Å². The molecule has 3 aromatic rings. The molecule has 10 nitrogen and oxygen atoms in total. The van der Waals surface area contributed by atoms with Crippen molar-refractivity contribution in [1.82, 2.24) is 16.0 Å². The number of carbonyl (C=O) groups excluding carboxylic acids is 3. The van der Waals surface area contributed by atoms with Gasteiger partial charge in [0.2, 0.25) is 21.8 Å². The van der Waals surface area contributed by atoms with Crippen molar-refractivity contribution in [3.05, 3.63) is 102 Å². The minimum atomic E-state index is -3.73. The van der Waals surface area contributed by atoms with Gasteiger partial charge < -0.3 is 21.1 Å². The number of aliphatic hydroxyl groups excluding tert-OH is 1. The summed E-state index contributed by atoms with van der Waals surface area (Å²) in [5.74, 6) is -2.14. The van der Waals surface area contributed by atoms with E-state index in [0.29, 0.717) is 24.2 Å². The van der Waals surface area contributed by atoms with Crippen molar-refractivity contribution >= 4 is 33.4 Å². The van der Waals surface area contributed by atoms with Gasteiger partial charge in [0, 0.05) is 25.1 Å². The van der Waals surface area contributed by atoms with Crippen LogP contribution in [0, 0.1) is 23.7 Å². The number of hydrogen-bond acceptors (Lipinski definition) is 6. The first-order chi connectivity index (χ1) is 23.6. The van der Waals surface area contributed by atoms with Crippen molar-refractivity contribution in [2.45, 2.75) is 84.9 Å². The van der Waals surface area contributed by atoms with Crippen LogP contribution in [0.15, 0.2) is 84.9 Å². The minimum absolute atomic E-state index is 0.0676. The molecular formula is C39H54N4O6S. The second kappa shape index (κ2) is 18.7. The number of amides is 3. The fourth-order valence-corrected chi connectivity index (χ4v) is 7.00. The summed E-state index contributed by atoms with van der Waals surface area (Å²) in [5, 5.41) is 20.3. The van der Waals surface area contributed by atoms with Gasteiger partial charge in [-0.2, -0.15) is 0 Å². The zero-order valence-electron chi connectivity index (χ0n) is 30.3. The van der Waals surface area contributed by atoms with Crippen LogP contribution in [0.25, 0.3) is 0 Å². The Labute approximate surface area is 298 Å². The van der Waals surface area contributed by atoms with Crippen molar-refractivity contribution in [3.63, 3.8) is 0 Å². The van der Waals surface area contributed by atoms with Gasteiger partial charge >= 0.3 is 0 Å². The van der Waals surface area contributed by atoms with Gasteiger partial charge in [0.15, 0.2) is 0 Å². The summed E-state index contributed by atoms with van der Waals surface area (Å²) in [4.78, 5) is 40.3. The third-order valence-electron chi connectivity index (χ3n) is 8.78. The van der Waals surface area contributed by atoms with E-state index in [-0.39, 0.29) is 47.3 Å². The summed E-state index contributed by atoms with van der Waals surface area (Å²) >= 11 is 0. The van der Waals surface area contributed by atoms with Crippen LogP contribution in [0.4, 0.5) is 5.69 Å². The van der Waals surface area contributed by atoms with E-state index in [4.69, 9.17) is 0 Å². The third kappa shape index (κ3) is 12.0. The molecule has 0 saturated carbocycles. The molecule has 50 heavy (non-hydrogen) atoms. The first-order valence-corrected chi connectivity index (χ1v) is 18.9. The SMILES string of the molecule is CC(C)C[C@H](NC(=O)c1cccc(N(C)S(=O)(=O)Cc2ccccc2)c1)[C@@H](O)C[C@@H](C(=O)N[C@H](C(=O)NCc1ccccc1)C(C)C)C(C)C. The van der Waals surface area contributed by atoms with Crippen LogP contribution < -0.4 is 20.3 Å². The number of aliphatic hydroxyl groups is 1. The molecular weight excluding hydrogens is 653 g/mol. The van der Waals surface area contributed by atoms with E-state index in [2.05, 4.69) is 16.0 Å². The average molecular weight is 707 g/mol. The first-order valence-electron chi connectivity index (χ1n) is 17.3. The van der Waals surface area contributed by atoms with Crippen molar-refractivity contribution < 1.29 is 27.9 Å². The number of sulfonamides is 1. The summed E-state index contributed by atoms with van der Waals surface area (Å²) in [6.45, 7) is 11.8. The average Bonchev–Trinajstić information content (AvgIpc) is 3.07. The highest BCUT2D eigenvalue weighted by atomic mass is 32.2. The summed E-state index contributed by atoms with van der Waals surface area (Å²) in [6.07, 6.45) is -0.556. The Bertz CT molecular complexity index is 1650. The zero-order valence-corrected chi connectivity index (χ0v) is 31.1. The standard InChI is InChI=1S/C39H54N4O6S/c1-26(2)21-34(41-37(45)31-19-14-20-32(22-31)43(7)50(48,49)25-30-17-12-9-13-18-30)35(44)23-33(27(3)4)38(46)42-36(28(5)6)39(47)40-24-29-15-10-8-11-16-29/h8-20,22,26-28,33-36,44H,21,23-25H2,1-7H3,(H,40,47)(H,41,45)(H,42,46)/t33-,34+,35+,36+/m1/s1. The molecule has 0 bridgehead atoms. The molecule has 0 aliphatic carbocycles. The van der Waals surface area contributed by atoms with Crippen LogP contribution in [0.1, 0.15) is 75.9 Å². The molecule has 0 aliphatic heterocycles. The lowest BCUT2D eigenvalue weighted by Gasteiger charge is -2.31. The molecule has 0 aliphatic rings. The van der Waals surface area contributed by atoms with Crippen LogP contribution in [0.5, 0.6) is 0 Å². The van der Waals surface area contributed by atoms with Gasteiger partial charge in [-0.05, 0) is 59.9 Å². The highest BCUT2D eigenvalue weighted by molar-refractivity contribution is 7.92. The van der Waals surface area contributed by atoms with E-state index >= 15 is 0 Å². The maximum atomic E-state index is 13.7. The maximum Gasteiger partial charge on any atom is 0.251 e. The molecule has 3 rings (SSSR count).